The highest BCUT2D eigenvalue weighted by atomic mass is 16.8. The molecule has 1 aromatic rings. The van der Waals surface area contributed by atoms with Gasteiger partial charge in [0.15, 0.2) is 0 Å². The molecular weight excluding hydrogens is 200 g/mol. The van der Waals surface area contributed by atoms with E-state index >= 15 is 0 Å². The Bertz CT molecular complexity index is 290. The van der Waals surface area contributed by atoms with Gasteiger partial charge in [-0.15, -0.1) is 0 Å². The Morgan fingerprint density at radius 3 is 1.57 bits per heavy atom. The molecule has 0 unspecified atom stereocenters. The molecule has 0 aliphatic heterocycles. The smallest absolute Gasteiger partial charge is 0.284 e. The van der Waals surface area contributed by atoms with Gasteiger partial charge in [-0.1, -0.05) is 10.5 Å². The van der Waals surface area contributed by atoms with E-state index in [0.717, 1.165) is 0 Å². The molecule has 1 heterocycles. The van der Waals surface area contributed by atoms with Gasteiger partial charge in [-0.3, -0.25) is 26.0 Å². The number of hydrogen-bond acceptors (Lipinski definition) is 11. The maximum atomic E-state index is 8.49. The number of nitrogens with one attached hydrogen (secondary N) is 1. The SMILES string of the molecule is ONc1nc(N(O)O)nc(N(O)O)n1. The van der Waals surface area contributed by atoms with E-state index in [0.29, 0.717) is 0 Å². The fraction of sp³-hybridized carbons (Fsp3) is 0. The predicted octanol–water partition coefficient (Wildman–Crippen LogP) is -1.16. The van der Waals surface area contributed by atoms with Crippen LogP contribution in [0.1, 0.15) is 0 Å². The molecule has 0 radical (unpaired) electrons. The molecule has 0 aromatic carbocycles. The molecule has 1 rings (SSSR count). The first-order valence-corrected chi connectivity index (χ1v) is 3.06. The molecule has 0 spiro atoms. The van der Waals surface area contributed by atoms with E-state index in [9.17, 15) is 0 Å². The quantitative estimate of drug-likeness (QED) is 0.331. The first-order chi connectivity index (χ1) is 6.54. The average molecular weight is 206 g/mol. The zero-order chi connectivity index (χ0) is 10.7. The van der Waals surface area contributed by atoms with E-state index in [1.54, 1.807) is 0 Å². The Morgan fingerprint density at radius 1 is 0.857 bits per heavy atom. The Balaban J connectivity index is 3.13. The lowest BCUT2D eigenvalue weighted by Crippen LogP contribution is -2.21. The van der Waals surface area contributed by atoms with Crippen molar-refractivity contribution in [3.63, 3.8) is 0 Å². The van der Waals surface area contributed by atoms with Gasteiger partial charge in [-0.25, -0.2) is 5.48 Å². The highest BCUT2D eigenvalue weighted by Gasteiger charge is 2.12. The summed E-state index contributed by atoms with van der Waals surface area (Å²) in [6.45, 7) is 0. The van der Waals surface area contributed by atoms with Gasteiger partial charge in [0.05, 0.1) is 0 Å². The third-order valence-corrected chi connectivity index (χ3v) is 1.07. The van der Waals surface area contributed by atoms with Crippen LogP contribution in [0.5, 0.6) is 0 Å². The van der Waals surface area contributed by atoms with E-state index in [1.165, 1.54) is 5.48 Å². The number of rotatable bonds is 3. The summed E-state index contributed by atoms with van der Waals surface area (Å²) in [4.78, 5) is 9.61. The molecule has 0 aliphatic rings. The minimum atomic E-state index is -0.723. The summed E-state index contributed by atoms with van der Waals surface area (Å²) in [6.07, 6.45) is 0. The van der Waals surface area contributed by atoms with E-state index in [2.05, 4.69) is 15.0 Å². The fourth-order valence-corrected chi connectivity index (χ4v) is 0.583. The molecule has 6 N–H and O–H groups in total. The number of hydrogen-bond donors (Lipinski definition) is 6. The Hall–Kier alpha value is -1.79. The standard InChI is InChI=1S/C3H6N6O5/c10-7-1-4-2(8(11)12)6-3(5-1)9(13)14/h10-14H,(H,4,5,6,7). The summed E-state index contributed by atoms with van der Waals surface area (Å²) in [6, 6.07) is 0. The third kappa shape index (κ3) is 2.12. The van der Waals surface area contributed by atoms with E-state index in [-0.39, 0.29) is 0 Å². The second-order valence-electron chi connectivity index (χ2n) is 1.95. The van der Waals surface area contributed by atoms with Crippen LogP contribution < -0.4 is 15.9 Å². The molecule has 14 heavy (non-hydrogen) atoms. The molecule has 0 aliphatic carbocycles. The van der Waals surface area contributed by atoms with Crippen molar-refractivity contribution in [2.45, 2.75) is 0 Å². The van der Waals surface area contributed by atoms with Crippen LogP contribution in [-0.2, 0) is 0 Å². The Morgan fingerprint density at radius 2 is 1.29 bits per heavy atom. The van der Waals surface area contributed by atoms with Crippen molar-refractivity contribution in [2.24, 2.45) is 0 Å². The van der Waals surface area contributed by atoms with Gasteiger partial charge in [0.2, 0.25) is 0 Å². The minimum Gasteiger partial charge on any atom is -0.288 e. The van der Waals surface area contributed by atoms with E-state index < -0.39 is 28.3 Å². The minimum absolute atomic E-state index is 0.491. The summed E-state index contributed by atoms with van der Waals surface area (Å²) < 4.78 is 0. The zero-order valence-electron chi connectivity index (χ0n) is 6.47. The van der Waals surface area contributed by atoms with Crippen LogP contribution >= 0.6 is 0 Å². The van der Waals surface area contributed by atoms with Crippen LogP contribution in [0.4, 0.5) is 17.8 Å². The normalized spacial score (nSPS) is 9.79. The summed E-state index contributed by atoms with van der Waals surface area (Å²) in [7, 11) is 0. The van der Waals surface area contributed by atoms with Crippen LogP contribution in [0, 0.1) is 0 Å². The van der Waals surface area contributed by atoms with Crippen molar-refractivity contribution in [2.75, 3.05) is 15.9 Å². The van der Waals surface area contributed by atoms with Crippen molar-refractivity contribution in [3.05, 3.63) is 0 Å². The summed E-state index contributed by atoms with van der Waals surface area (Å²) in [5.74, 6) is -1.95. The number of aromatic nitrogens is 3. The van der Waals surface area contributed by atoms with Crippen LogP contribution in [0.2, 0.25) is 0 Å². The van der Waals surface area contributed by atoms with E-state index in [4.69, 9.17) is 26.0 Å². The lowest BCUT2D eigenvalue weighted by Gasteiger charge is -2.10. The van der Waals surface area contributed by atoms with Gasteiger partial charge < -0.3 is 0 Å². The second kappa shape index (κ2) is 3.95. The topological polar surface area (TPSA) is 158 Å². The van der Waals surface area contributed by atoms with Gasteiger partial charge in [0.25, 0.3) is 17.8 Å². The van der Waals surface area contributed by atoms with Gasteiger partial charge in [-0.2, -0.15) is 15.0 Å². The Kier molecular flexibility index (Phi) is 2.90. The molecule has 0 saturated carbocycles. The Labute approximate surface area is 75.9 Å². The van der Waals surface area contributed by atoms with Crippen LogP contribution in [-0.4, -0.2) is 41.0 Å². The van der Waals surface area contributed by atoms with Crippen LogP contribution in [0.3, 0.4) is 0 Å². The number of nitrogens with zero attached hydrogens (tertiary/aromatic N) is 5. The fourth-order valence-electron chi connectivity index (χ4n) is 0.583. The van der Waals surface area contributed by atoms with Crippen LogP contribution in [0.15, 0.2) is 0 Å². The molecular formula is C3H6N6O5. The summed E-state index contributed by atoms with van der Waals surface area (Å²) >= 11 is 0. The zero-order valence-corrected chi connectivity index (χ0v) is 6.47. The molecule has 0 amide bonds. The van der Waals surface area contributed by atoms with Crippen molar-refractivity contribution in [1.82, 2.24) is 15.0 Å². The van der Waals surface area contributed by atoms with Crippen molar-refractivity contribution >= 4 is 17.8 Å². The van der Waals surface area contributed by atoms with Crippen molar-refractivity contribution in [1.29, 1.82) is 0 Å². The van der Waals surface area contributed by atoms with Gasteiger partial charge in [0, 0.05) is 0 Å². The molecule has 78 valence electrons. The molecule has 0 saturated heterocycles. The maximum Gasteiger partial charge on any atom is 0.284 e. The first-order valence-electron chi connectivity index (χ1n) is 3.06. The number of anilines is 3. The highest BCUT2D eigenvalue weighted by molar-refractivity contribution is 5.38. The van der Waals surface area contributed by atoms with Crippen LogP contribution in [0.25, 0.3) is 0 Å². The molecule has 0 atom stereocenters. The summed E-state index contributed by atoms with van der Waals surface area (Å²) in [5.41, 5.74) is 1.46. The molecule has 11 heteroatoms. The molecule has 0 fully saturated rings. The predicted molar refractivity (Wildman–Crippen MR) is 37.3 cm³/mol. The second-order valence-corrected chi connectivity index (χ2v) is 1.95. The lowest BCUT2D eigenvalue weighted by atomic mass is 10.8. The third-order valence-electron chi connectivity index (χ3n) is 1.07. The molecule has 1 aromatic heterocycles. The summed E-state index contributed by atoms with van der Waals surface area (Å²) in [5, 5.41) is 41.4. The van der Waals surface area contributed by atoms with Gasteiger partial charge in [-0.05, 0) is 0 Å². The highest BCUT2D eigenvalue weighted by Crippen LogP contribution is 2.11. The van der Waals surface area contributed by atoms with Gasteiger partial charge >= 0.3 is 0 Å². The van der Waals surface area contributed by atoms with E-state index in [1.807, 2.05) is 0 Å². The first kappa shape index (κ1) is 10.3. The maximum absolute atomic E-state index is 8.49. The monoisotopic (exact) mass is 206 g/mol. The van der Waals surface area contributed by atoms with Gasteiger partial charge in [0.1, 0.15) is 0 Å². The molecule has 11 nitrogen and oxygen atoms in total. The average Bonchev–Trinajstić information content (AvgIpc) is 2.16. The largest absolute Gasteiger partial charge is 0.288 e. The van der Waals surface area contributed by atoms with Crippen molar-refractivity contribution in [3.8, 4) is 0 Å². The molecule has 0 bridgehead atoms. The van der Waals surface area contributed by atoms with Crippen molar-refractivity contribution < 1.29 is 26.0 Å². The lowest BCUT2D eigenvalue weighted by molar-refractivity contribution is 0.0179.